The van der Waals surface area contributed by atoms with E-state index in [-0.39, 0.29) is 24.9 Å². The molecule has 4 rings (SSSR count). The molecule has 7 nitrogen and oxygen atoms in total. The molecule has 0 aromatic heterocycles. The summed E-state index contributed by atoms with van der Waals surface area (Å²) in [4.78, 5) is 32.0. The number of anilines is 2. The Balaban J connectivity index is 1.66. The van der Waals surface area contributed by atoms with Gasteiger partial charge in [0.2, 0.25) is 11.8 Å². The monoisotopic (exact) mass is 463 g/mol. The molecular formula is C25H22ClN3O4. The Morgan fingerprint density at radius 3 is 2.58 bits per heavy atom. The number of carbonyl (C=O) groups is 2. The zero-order chi connectivity index (χ0) is 23.4. The van der Waals surface area contributed by atoms with E-state index in [0.717, 1.165) is 5.56 Å². The summed E-state index contributed by atoms with van der Waals surface area (Å²) in [5, 5.41) is 3.32. The summed E-state index contributed by atoms with van der Waals surface area (Å²) < 4.78 is 10.6. The van der Waals surface area contributed by atoms with E-state index in [2.05, 4.69) is 10.3 Å². The molecule has 0 atom stereocenters. The van der Waals surface area contributed by atoms with Gasteiger partial charge < -0.3 is 19.7 Å². The van der Waals surface area contributed by atoms with Crippen LogP contribution in [0.5, 0.6) is 11.5 Å². The number of benzodiazepines with no additional fused rings is 1. The summed E-state index contributed by atoms with van der Waals surface area (Å²) in [6, 6.07) is 19.8. The fourth-order valence-electron chi connectivity index (χ4n) is 3.65. The lowest BCUT2D eigenvalue weighted by Gasteiger charge is -2.23. The number of hydrogen-bond acceptors (Lipinski definition) is 5. The van der Waals surface area contributed by atoms with Crippen LogP contribution in [0.3, 0.4) is 0 Å². The molecule has 0 fully saturated rings. The lowest BCUT2D eigenvalue weighted by atomic mass is 10.00. The SMILES string of the molecule is COc1ccc(OC)c(NC(=O)CN2C(=O)CN=C(c3ccccc3)c3cc(Cl)ccc32)c1. The van der Waals surface area contributed by atoms with Crippen molar-refractivity contribution < 1.29 is 19.1 Å². The van der Waals surface area contributed by atoms with Crippen LogP contribution >= 0.6 is 11.6 Å². The highest BCUT2D eigenvalue weighted by atomic mass is 35.5. The maximum atomic E-state index is 13.0. The molecule has 0 saturated carbocycles. The number of nitrogens with zero attached hydrogens (tertiary/aromatic N) is 2. The van der Waals surface area contributed by atoms with E-state index >= 15 is 0 Å². The molecule has 1 N–H and O–H groups in total. The van der Waals surface area contributed by atoms with Crippen molar-refractivity contribution in [1.29, 1.82) is 0 Å². The second kappa shape index (κ2) is 9.75. The average Bonchev–Trinajstić information content (AvgIpc) is 2.96. The molecule has 168 valence electrons. The summed E-state index contributed by atoms with van der Waals surface area (Å²) in [5.41, 5.74) is 3.21. The average molecular weight is 464 g/mol. The number of methoxy groups -OCH3 is 2. The maximum absolute atomic E-state index is 13.0. The smallest absolute Gasteiger partial charge is 0.249 e. The molecule has 0 aliphatic carbocycles. The third-order valence-corrected chi connectivity index (χ3v) is 5.44. The van der Waals surface area contributed by atoms with Gasteiger partial charge in [-0.1, -0.05) is 41.9 Å². The molecule has 1 aliphatic rings. The first-order chi connectivity index (χ1) is 16.0. The van der Waals surface area contributed by atoms with E-state index in [1.54, 1.807) is 36.4 Å². The zero-order valence-electron chi connectivity index (χ0n) is 18.2. The number of halogens is 1. The van der Waals surface area contributed by atoms with Crippen LogP contribution in [0.1, 0.15) is 11.1 Å². The van der Waals surface area contributed by atoms with E-state index in [4.69, 9.17) is 21.1 Å². The summed E-state index contributed by atoms with van der Waals surface area (Å²) in [7, 11) is 3.05. The Morgan fingerprint density at radius 1 is 1.06 bits per heavy atom. The Hall–Kier alpha value is -3.84. The van der Waals surface area contributed by atoms with Gasteiger partial charge in [-0.2, -0.15) is 0 Å². The predicted octanol–water partition coefficient (Wildman–Crippen LogP) is 4.18. The Kier molecular flexibility index (Phi) is 6.60. The minimum absolute atomic E-state index is 0.0910. The van der Waals surface area contributed by atoms with Gasteiger partial charge in [0.15, 0.2) is 0 Å². The van der Waals surface area contributed by atoms with Gasteiger partial charge in [0.25, 0.3) is 0 Å². The summed E-state index contributed by atoms with van der Waals surface area (Å²) in [5.74, 6) is 0.363. The van der Waals surface area contributed by atoms with Crippen molar-refractivity contribution in [2.45, 2.75) is 0 Å². The highest BCUT2D eigenvalue weighted by Crippen LogP contribution is 2.31. The van der Waals surface area contributed by atoms with Crippen LogP contribution in [-0.4, -0.2) is 44.8 Å². The molecule has 0 saturated heterocycles. The van der Waals surface area contributed by atoms with Crippen LogP contribution in [-0.2, 0) is 9.59 Å². The van der Waals surface area contributed by atoms with E-state index in [1.165, 1.54) is 19.1 Å². The van der Waals surface area contributed by atoms with Crippen LogP contribution in [0.25, 0.3) is 0 Å². The molecule has 0 spiro atoms. The van der Waals surface area contributed by atoms with Crippen molar-refractivity contribution in [3.63, 3.8) is 0 Å². The Morgan fingerprint density at radius 2 is 1.85 bits per heavy atom. The minimum Gasteiger partial charge on any atom is -0.497 e. The van der Waals surface area contributed by atoms with Crippen LogP contribution in [0, 0.1) is 0 Å². The standard InChI is InChI=1S/C25H22ClN3O4/c1-32-18-9-11-22(33-2)20(13-18)28-23(30)15-29-21-10-8-17(26)12-19(21)25(27-14-24(29)31)16-6-4-3-5-7-16/h3-13H,14-15H2,1-2H3,(H,28,30). The number of aliphatic imine (C=N–C) groups is 1. The quantitative estimate of drug-likeness (QED) is 0.594. The van der Waals surface area contributed by atoms with Crippen LogP contribution in [0.15, 0.2) is 71.7 Å². The second-order valence-corrected chi connectivity index (χ2v) is 7.72. The normalized spacial score (nSPS) is 13.0. The largest absolute Gasteiger partial charge is 0.497 e. The zero-order valence-corrected chi connectivity index (χ0v) is 18.9. The van der Waals surface area contributed by atoms with Gasteiger partial charge >= 0.3 is 0 Å². The van der Waals surface area contributed by atoms with Crippen molar-refractivity contribution >= 4 is 40.5 Å². The van der Waals surface area contributed by atoms with Gasteiger partial charge in [-0.3, -0.25) is 14.6 Å². The van der Waals surface area contributed by atoms with E-state index in [1.807, 2.05) is 30.3 Å². The number of fused-ring (bicyclic) bond motifs is 1. The van der Waals surface area contributed by atoms with Gasteiger partial charge in [0, 0.05) is 22.2 Å². The van der Waals surface area contributed by atoms with Gasteiger partial charge in [0.1, 0.15) is 24.6 Å². The lowest BCUT2D eigenvalue weighted by Crippen LogP contribution is -2.39. The van der Waals surface area contributed by atoms with Crippen molar-refractivity contribution in [2.24, 2.45) is 4.99 Å². The van der Waals surface area contributed by atoms with Crippen molar-refractivity contribution in [3.8, 4) is 11.5 Å². The molecule has 2 amide bonds. The Bertz CT molecular complexity index is 1230. The van der Waals surface area contributed by atoms with E-state index < -0.39 is 0 Å². The molecule has 3 aromatic rings. The fraction of sp³-hybridized carbons (Fsp3) is 0.160. The predicted molar refractivity (Wildman–Crippen MR) is 129 cm³/mol. The fourth-order valence-corrected chi connectivity index (χ4v) is 3.82. The first-order valence-corrected chi connectivity index (χ1v) is 10.6. The van der Waals surface area contributed by atoms with Crippen LogP contribution in [0.4, 0.5) is 11.4 Å². The molecule has 0 radical (unpaired) electrons. The van der Waals surface area contributed by atoms with Crippen molar-refractivity contribution in [3.05, 3.63) is 82.9 Å². The molecule has 33 heavy (non-hydrogen) atoms. The third-order valence-electron chi connectivity index (χ3n) is 5.21. The summed E-state index contributed by atoms with van der Waals surface area (Å²) >= 11 is 6.28. The number of carbonyl (C=O) groups excluding carboxylic acids is 2. The first kappa shape index (κ1) is 22.4. The van der Waals surface area contributed by atoms with Crippen molar-refractivity contribution in [1.82, 2.24) is 0 Å². The van der Waals surface area contributed by atoms with E-state index in [9.17, 15) is 9.59 Å². The highest BCUT2D eigenvalue weighted by molar-refractivity contribution is 6.32. The molecule has 3 aromatic carbocycles. The molecular weight excluding hydrogens is 442 g/mol. The van der Waals surface area contributed by atoms with Gasteiger partial charge in [0.05, 0.1) is 31.3 Å². The van der Waals surface area contributed by atoms with Crippen molar-refractivity contribution in [2.75, 3.05) is 37.5 Å². The third kappa shape index (κ3) is 4.83. The molecule has 1 aliphatic heterocycles. The lowest BCUT2D eigenvalue weighted by molar-refractivity contribution is -0.120. The minimum atomic E-state index is -0.390. The second-order valence-electron chi connectivity index (χ2n) is 7.29. The topological polar surface area (TPSA) is 80.2 Å². The van der Waals surface area contributed by atoms with Crippen LogP contribution < -0.4 is 19.7 Å². The number of ether oxygens (including phenoxy) is 2. The van der Waals surface area contributed by atoms with Gasteiger partial charge in [-0.05, 0) is 30.3 Å². The summed E-state index contributed by atoms with van der Waals surface area (Å²) in [6.45, 7) is -0.294. The van der Waals surface area contributed by atoms with Crippen LogP contribution in [0.2, 0.25) is 5.02 Å². The molecule has 8 heteroatoms. The van der Waals surface area contributed by atoms with Gasteiger partial charge in [-0.25, -0.2) is 0 Å². The highest BCUT2D eigenvalue weighted by Gasteiger charge is 2.27. The molecule has 0 bridgehead atoms. The number of hydrogen-bond donors (Lipinski definition) is 1. The Labute approximate surface area is 196 Å². The van der Waals surface area contributed by atoms with Gasteiger partial charge in [-0.15, -0.1) is 0 Å². The number of amides is 2. The number of rotatable bonds is 6. The maximum Gasteiger partial charge on any atom is 0.249 e. The number of nitrogens with one attached hydrogen (secondary N) is 1. The summed E-state index contributed by atoms with van der Waals surface area (Å²) in [6.07, 6.45) is 0. The molecule has 1 heterocycles. The first-order valence-electron chi connectivity index (χ1n) is 10.2. The number of benzene rings is 3. The molecule has 0 unspecified atom stereocenters. The van der Waals surface area contributed by atoms with E-state index in [0.29, 0.717) is 39.2 Å².